The van der Waals surface area contributed by atoms with Crippen LogP contribution in [0.2, 0.25) is 15.2 Å². The van der Waals surface area contributed by atoms with E-state index >= 15 is 0 Å². The van der Waals surface area contributed by atoms with Gasteiger partial charge < -0.3 is 10.4 Å². The van der Waals surface area contributed by atoms with Crippen molar-refractivity contribution in [3.63, 3.8) is 0 Å². The number of nitrogens with one attached hydrogen (secondary N) is 1. The highest BCUT2D eigenvalue weighted by Crippen LogP contribution is 2.29. The smallest absolute Gasteiger partial charge is 0.150 e. The second-order valence-electron chi connectivity index (χ2n) is 3.57. The van der Waals surface area contributed by atoms with Crippen molar-refractivity contribution in [1.82, 2.24) is 4.98 Å². The molecular formula is C12H9Cl3N2O. The fourth-order valence-electron chi connectivity index (χ4n) is 1.41. The molecule has 0 amide bonds. The van der Waals surface area contributed by atoms with E-state index in [2.05, 4.69) is 10.3 Å². The van der Waals surface area contributed by atoms with Crippen molar-refractivity contribution in [3.05, 3.63) is 51.1 Å². The van der Waals surface area contributed by atoms with Crippen LogP contribution in [-0.4, -0.2) is 10.1 Å². The van der Waals surface area contributed by atoms with E-state index in [1.807, 2.05) is 6.07 Å². The quantitative estimate of drug-likeness (QED) is 0.828. The van der Waals surface area contributed by atoms with Gasteiger partial charge >= 0.3 is 0 Å². The molecule has 0 aliphatic heterocycles. The van der Waals surface area contributed by atoms with Gasteiger partial charge in [-0.1, -0.05) is 53.0 Å². The predicted octanol–water partition coefficient (Wildman–Crippen LogP) is 4.36. The number of para-hydroxylation sites is 1. The lowest BCUT2D eigenvalue weighted by Gasteiger charge is -2.09. The Morgan fingerprint density at radius 1 is 1.11 bits per heavy atom. The minimum atomic E-state index is 0.181. The van der Waals surface area contributed by atoms with Gasteiger partial charge in [0.15, 0.2) is 0 Å². The van der Waals surface area contributed by atoms with Crippen LogP contribution >= 0.6 is 34.8 Å². The van der Waals surface area contributed by atoms with Gasteiger partial charge in [-0.2, -0.15) is 0 Å². The van der Waals surface area contributed by atoms with E-state index in [-0.39, 0.29) is 10.9 Å². The second-order valence-corrected chi connectivity index (χ2v) is 4.75. The van der Waals surface area contributed by atoms with Crippen molar-refractivity contribution in [1.29, 1.82) is 0 Å². The molecule has 0 fully saturated rings. The summed E-state index contributed by atoms with van der Waals surface area (Å²) in [6.07, 6.45) is 0. The first kappa shape index (κ1) is 13.3. The number of halogens is 3. The molecule has 2 N–H and O–H groups in total. The molecule has 2 rings (SSSR count). The average Bonchev–Trinajstić information content (AvgIpc) is 2.34. The topological polar surface area (TPSA) is 45.1 Å². The molecule has 0 radical (unpaired) electrons. The Morgan fingerprint density at radius 2 is 1.83 bits per heavy atom. The molecule has 1 heterocycles. The molecular weight excluding hydrogens is 295 g/mol. The third-order valence-corrected chi connectivity index (χ3v) is 3.29. The van der Waals surface area contributed by atoms with Crippen LogP contribution in [0, 0.1) is 0 Å². The molecule has 2 aromatic rings. The number of rotatable bonds is 3. The third kappa shape index (κ3) is 2.99. The number of benzene rings is 1. The van der Waals surface area contributed by atoms with Gasteiger partial charge in [0.1, 0.15) is 16.7 Å². The van der Waals surface area contributed by atoms with Gasteiger partial charge in [-0.25, -0.2) is 4.98 Å². The van der Waals surface area contributed by atoms with Crippen LogP contribution in [0.15, 0.2) is 30.3 Å². The Kier molecular flexibility index (Phi) is 4.17. The Bertz CT molecular complexity index is 575. The number of pyridine rings is 1. The Balaban J connectivity index is 2.16. The highest BCUT2D eigenvalue weighted by Gasteiger charge is 2.08. The van der Waals surface area contributed by atoms with Gasteiger partial charge in [0.25, 0.3) is 0 Å². The monoisotopic (exact) mass is 302 g/mol. The second kappa shape index (κ2) is 5.65. The van der Waals surface area contributed by atoms with Crippen LogP contribution in [0.4, 0.5) is 5.82 Å². The minimum Gasteiger partial charge on any atom is -0.508 e. The van der Waals surface area contributed by atoms with Crippen molar-refractivity contribution < 1.29 is 5.11 Å². The first-order valence-electron chi connectivity index (χ1n) is 5.10. The lowest BCUT2D eigenvalue weighted by atomic mass is 10.2. The molecule has 1 aromatic carbocycles. The molecule has 0 spiro atoms. The van der Waals surface area contributed by atoms with Gasteiger partial charge in [-0.15, -0.1) is 0 Å². The molecule has 18 heavy (non-hydrogen) atoms. The standard InChI is InChI=1S/C12H9Cl3N2O/c13-8-5-9(14)12(17-11(8)15)16-6-7-3-1-2-4-10(7)18/h1-5,18H,6H2,(H,16,17). The Labute approximate surface area is 119 Å². The van der Waals surface area contributed by atoms with Crippen LogP contribution in [0.5, 0.6) is 5.75 Å². The maximum Gasteiger partial charge on any atom is 0.150 e. The average molecular weight is 304 g/mol. The zero-order chi connectivity index (χ0) is 13.1. The number of nitrogens with zero attached hydrogens (tertiary/aromatic N) is 1. The van der Waals surface area contributed by atoms with Crippen LogP contribution in [0.25, 0.3) is 0 Å². The van der Waals surface area contributed by atoms with E-state index in [0.717, 1.165) is 5.56 Å². The molecule has 3 nitrogen and oxygen atoms in total. The summed E-state index contributed by atoms with van der Waals surface area (Å²) in [7, 11) is 0. The SMILES string of the molecule is Oc1ccccc1CNc1nc(Cl)c(Cl)cc1Cl. The summed E-state index contributed by atoms with van der Waals surface area (Å²) >= 11 is 17.6. The molecule has 0 saturated carbocycles. The summed E-state index contributed by atoms with van der Waals surface area (Å²) in [4.78, 5) is 4.03. The number of phenolic OH excluding ortho intramolecular Hbond substituents is 1. The molecule has 0 bridgehead atoms. The lowest BCUT2D eigenvalue weighted by molar-refractivity contribution is 0.469. The zero-order valence-electron chi connectivity index (χ0n) is 9.12. The molecule has 6 heteroatoms. The van der Waals surface area contributed by atoms with E-state index in [9.17, 15) is 5.11 Å². The summed E-state index contributed by atoms with van der Waals surface area (Å²) in [5, 5.41) is 13.5. The number of aromatic hydroxyl groups is 1. The molecule has 0 saturated heterocycles. The molecule has 0 aliphatic carbocycles. The number of hydrogen-bond acceptors (Lipinski definition) is 3. The molecule has 1 aromatic heterocycles. The van der Waals surface area contributed by atoms with Crippen LogP contribution in [0.1, 0.15) is 5.56 Å². The summed E-state index contributed by atoms with van der Waals surface area (Å²) < 4.78 is 0. The molecule has 0 aliphatic rings. The van der Waals surface area contributed by atoms with E-state index < -0.39 is 0 Å². The first-order valence-corrected chi connectivity index (χ1v) is 6.23. The maximum atomic E-state index is 9.62. The van der Waals surface area contributed by atoms with Gasteiger partial charge in [-0.05, 0) is 12.1 Å². The van der Waals surface area contributed by atoms with Crippen LogP contribution in [-0.2, 0) is 6.54 Å². The predicted molar refractivity (Wildman–Crippen MR) is 74.7 cm³/mol. The normalized spacial score (nSPS) is 10.4. The maximum absolute atomic E-state index is 9.62. The van der Waals surface area contributed by atoms with E-state index in [1.165, 1.54) is 6.07 Å². The minimum absolute atomic E-state index is 0.181. The number of hydrogen-bond donors (Lipinski definition) is 2. The van der Waals surface area contributed by atoms with Gasteiger partial charge in [-0.3, -0.25) is 0 Å². The Hall–Kier alpha value is -1.16. The lowest BCUT2D eigenvalue weighted by Crippen LogP contribution is -2.02. The largest absolute Gasteiger partial charge is 0.508 e. The highest BCUT2D eigenvalue weighted by molar-refractivity contribution is 6.42. The third-order valence-electron chi connectivity index (χ3n) is 2.32. The number of phenols is 1. The van der Waals surface area contributed by atoms with Gasteiger partial charge in [0.05, 0.1) is 10.0 Å². The van der Waals surface area contributed by atoms with Crippen molar-refractivity contribution in [2.75, 3.05) is 5.32 Å². The molecule has 0 atom stereocenters. The van der Waals surface area contributed by atoms with E-state index in [0.29, 0.717) is 22.4 Å². The highest BCUT2D eigenvalue weighted by atomic mass is 35.5. The van der Waals surface area contributed by atoms with Crippen molar-refractivity contribution >= 4 is 40.6 Å². The number of anilines is 1. The molecule has 0 unspecified atom stereocenters. The molecule has 94 valence electrons. The van der Waals surface area contributed by atoms with Crippen molar-refractivity contribution in [3.8, 4) is 5.75 Å². The zero-order valence-corrected chi connectivity index (χ0v) is 11.4. The van der Waals surface area contributed by atoms with Gasteiger partial charge in [0, 0.05) is 12.1 Å². The summed E-state index contributed by atoms with van der Waals surface area (Å²) in [5.74, 6) is 0.635. The summed E-state index contributed by atoms with van der Waals surface area (Å²) in [5.41, 5.74) is 0.737. The van der Waals surface area contributed by atoms with Crippen molar-refractivity contribution in [2.45, 2.75) is 6.54 Å². The fourth-order valence-corrected chi connectivity index (χ4v) is 1.97. The van der Waals surface area contributed by atoms with Crippen LogP contribution in [0.3, 0.4) is 0 Å². The van der Waals surface area contributed by atoms with Gasteiger partial charge in [0.2, 0.25) is 0 Å². The summed E-state index contributed by atoms with van der Waals surface area (Å²) in [6, 6.07) is 8.52. The first-order chi connectivity index (χ1) is 8.58. The number of aromatic nitrogens is 1. The summed E-state index contributed by atoms with van der Waals surface area (Å²) in [6.45, 7) is 0.386. The van der Waals surface area contributed by atoms with E-state index in [4.69, 9.17) is 34.8 Å². The Morgan fingerprint density at radius 3 is 2.56 bits per heavy atom. The van der Waals surface area contributed by atoms with Crippen molar-refractivity contribution in [2.24, 2.45) is 0 Å². The fraction of sp³-hybridized carbons (Fsp3) is 0.0833. The van der Waals surface area contributed by atoms with Crippen LogP contribution < -0.4 is 5.32 Å². The van der Waals surface area contributed by atoms with E-state index in [1.54, 1.807) is 18.2 Å².